The minimum atomic E-state index is -0.257. The van der Waals surface area contributed by atoms with Gasteiger partial charge in [-0.3, -0.25) is 4.79 Å². The molecule has 0 spiro atoms. The molecule has 2 aromatic carbocycles. The number of rotatable bonds is 6. The van der Waals surface area contributed by atoms with Crippen molar-refractivity contribution < 1.29 is 4.79 Å². The third-order valence-corrected chi connectivity index (χ3v) is 7.12. The van der Waals surface area contributed by atoms with Crippen molar-refractivity contribution in [1.82, 2.24) is 15.3 Å². The van der Waals surface area contributed by atoms with Gasteiger partial charge in [0.2, 0.25) is 5.95 Å². The van der Waals surface area contributed by atoms with Crippen molar-refractivity contribution in [3.8, 4) is 0 Å². The zero-order chi connectivity index (χ0) is 21.9. The number of fused-ring (bicyclic) bond motifs is 2. The molecule has 5 rings (SSSR count). The summed E-state index contributed by atoms with van der Waals surface area (Å²) in [7, 11) is 0. The number of anilines is 3. The maximum Gasteiger partial charge on any atom is 0.271 e. The second kappa shape index (κ2) is 9.38. The quantitative estimate of drug-likeness (QED) is 0.508. The van der Waals surface area contributed by atoms with Crippen LogP contribution >= 0.6 is 23.4 Å². The van der Waals surface area contributed by atoms with Crippen LogP contribution in [0, 0.1) is 0 Å². The molecule has 1 N–H and O–H groups in total. The number of halogens is 1. The van der Waals surface area contributed by atoms with Gasteiger partial charge in [0, 0.05) is 36.0 Å². The van der Waals surface area contributed by atoms with Crippen LogP contribution in [0.15, 0.2) is 64.5 Å². The molecule has 1 saturated heterocycles. The highest BCUT2D eigenvalue weighted by molar-refractivity contribution is 7.99. The molecule has 1 fully saturated rings. The number of nitrogens with zero attached hydrogens (tertiary/aromatic N) is 4. The van der Waals surface area contributed by atoms with Crippen molar-refractivity contribution in [3.05, 3.63) is 65.4 Å². The molecule has 0 atom stereocenters. The third kappa shape index (κ3) is 4.27. The normalized spacial score (nSPS) is 14.8. The van der Waals surface area contributed by atoms with E-state index in [2.05, 4.69) is 73.6 Å². The van der Waals surface area contributed by atoms with Crippen LogP contribution in [0.3, 0.4) is 0 Å². The van der Waals surface area contributed by atoms with Gasteiger partial charge < -0.3 is 15.1 Å². The van der Waals surface area contributed by atoms with E-state index in [0.29, 0.717) is 12.5 Å². The maximum absolute atomic E-state index is 12.8. The lowest BCUT2D eigenvalue weighted by molar-refractivity contribution is 0.0948. The molecular formula is C24H24ClN5OS. The fraction of sp³-hybridized carbons (Fsp3) is 0.292. The molecule has 0 saturated carbocycles. The van der Waals surface area contributed by atoms with Crippen LogP contribution in [0.2, 0.25) is 5.02 Å². The summed E-state index contributed by atoms with van der Waals surface area (Å²) in [6.45, 7) is 3.16. The second-order valence-electron chi connectivity index (χ2n) is 7.86. The van der Waals surface area contributed by atoms with Gasteiger partial charge in [-0.1, -0.05) is 47.6 Å². The Morgan fingerprint density at radius 2 is 1.69 bits per heavy atom. The summed E-state index contributed by atoms with van der Waals surface area (Å²) in [5, 5.41) is 3.26. The van der Waals surface area contributed by atoms with E-state index in [1.807, 2.05) is 0 Å². The maximum atomic E-state index is 12.8. The molecule has 32 heavy (non-hydrogen) atoms. The summed E-state index contributed by atoms with van der Waals surface area (Å²) >= 11 is 8.03. The van der Waals surface area contributed by atoms with Crippen molar-refractivity contribution in [2.45, 2.75) is 29.1 Å². The van der Waals surface area contributed by atoms with Gasteiger partial charge in [0.15, 0.2) is 5.69 Å². The molecule has 0 unspecified atom stereocenters. The Kier molecular flexibility index (Phi) is 6.19. The molecule has 6 nitrogen and oxygen atoms in total. The molecular weight excluding hydrogens is 442 g/mol. The van der Waals surface area contributed by atoms with Crippen LogP contribution in [-0.4, -0.2) is 42.1 Å². The topological polar surface area (TPSA) is 61.4 Å². The number of nitrogens with one attached hydrogen (secondary N) is 1. The SMILES string of the molecule is O=C(NCCCN1c2ccccc2Sc2ccccc21)c1nc(N2CCCC2)ncc1Cl. The Labute approximate surface area is 197 Å². The van der Waals surface area contributed by atoms with E-state index >= 15 is 0 Å². The number of benzene rings is 2. The van der Waals surface area contributed by atoms with Crippen LogP contribution in [0.25, 0.3) is 0 Å². The summed E-state index contributed by atoms with van der Waals surface area (Å²) < 4.78 is 0. The van der Waals surface area contributed by atoms with Gasteiger partial charge in [-0.25, -0.2) is 9.97 Å². The van der Waals surface area contributed by atoms with E-state index in [0.717, 1.165) is 38.9 Å². The monoisotopic (exact) mass is 465 g/mol. The Hall–Kier alpha value is -2.77. The van der Waals surface area contributed by atoms with Gasteiger partial charge in [-0.05, 0) is 43.5 Å². The van der Waals surface area contributed by atoms with Gasteiger partial charge in [0.05, 0.1) is 22.6 Å². The molecule has 3 aromatic rings. The number of para-hydroxylation sites is 2. The molecule has 1 amide bonds. The predicted molar refractivity (Wildman–Crippen MR) is 129 cm³/mol. The molecule has 1 aromatic heterocycles. The van der Waals surface area contributed by atoms with Gasteiger partial charge in [-0.15, -0.1) is 0 Å². The molecule has 2 aliphatic heterocycles. The van der Waals surface area contributed by atoms with Crippen LogP contribution < -0.4 is 15.1 Å². The summed E-state index contributed by atoms with van der Waals surface area (Å²) in [5.41, 5.74) is 2.65. The van der Waals surface area contributed by atoms with Crippen LogP contribution in [0.4, 0.5) is 17.3 Å². The Morgan fingerprint density at radius 3 is 2.38 bits per heavy atom. The van der Waals surface area contributed by atoms with Crippen LogP contribution in [0.5, 0.6) is 0 Å². The average molecular weight is 466 g/mol. The fourth-order valence-electron chi connectivity index (χ4n) is 4.13. The first-order chi connectivity index (χ1) is 15.7. The van der Waals surface area contributed by atoms with Gasteiger partial charge in [0.25, 0.3) is 5.91 Å². The minimum absolute atomic E-state index is 0.244. The standard InChI is InChI=1S/C24H24ClN5OS/c25-17-16-27-24(29-13-5-6-14-29)28-22(17)23(31)26-12-7-15-30-18-8-1-3-10-20(18)32-21-11-4-2-9-19(21)30/h1-4,8-11,16H,5-7,12-15H2,(H,26,31). The van der Waals surface area contributed by atoms with Crippen molar-refractivity contribution >= 4 is 46.6 Å². The lowest BCUT2D eigenvalue weighted by atomic mass is 10.2. The first kappa shape index (κ1) is 21.1. The highest BCUT2D eigenvalue weighted by atomic mass is 35.5. The summed E-state index contributed by atoms with van der Waals surface area (Å²) in [4.78, 5) is 28.4. The van der Waals surface area contributed by atoms with Crippen LogP contribution in [0.1, 0.15) is 29.8 Å². The molecule has 2 aliphatic rings. The smallest absolute Gasteiger partial charge is 0.271 e. The van der Waals surface area contributed by atoms with E-state index < -0.39 is 0 Å². The molecule has 0 radical (unpaired) electrons. The van der Waals surface area contributed by atoms with Crippen molar-refractivity contribution in [2.24, 2.45) is 0 Å². The lowest BCUT2D eigenvalue weighted by Crippen LogP contribution is -2.30. The number of hydrogen-bond donors (Lipinski definition) is 1. The van der Waals surface area contributed by atoms with E-state index in [1.165, 1.54) is 27.4 Å². The zero-order valence-electron chi connectivity index (χ0n) is 17.6. The highest BCUT2D eigenvalue weighted by Gasteiger charge is 2.23. The van der Waals surface area contributed by atoms with Crippen molar-refractivity contribution in [3.63, 3.8) is 0 Å². The number of amides is 1. The zero-order valence-corrected chi connectivity index (χ0v) is 19.2. The summed E-state index contributed by atoms with van der Waals surface area (Å²) in [5.74, 6) is 0.323. The first-order valence-corrected chi connectivity index (χ1v) is 12.1. The van der Waals surface area contributed by atoms with Gasteiger partial charge in [0.1, 0.15) is 0 Å². The van der Waals surface area contributed by atoms with Crippen LogP contribution in [-0.2, 0) is 0 Å². The Balaban J connectivity index is 1.24. The number of carbonyl (C=O) groups is 1. The Morgan fingerprint density at radius 1 is 1.03 bits per heavy atom. The first-order valence-electron chi connectivity index (χ1n) is 10.9. The molecule has 0 bridgehead atoms. The number of aromatic nitrogens is 2. The summed E-state index contributed by atoms with van der Waals surface area (Å²) in [6.07, 6.45) is 4.56. The average Bonchev–Trinajstić information content (AvgIpc) is 3.36. The molecule has 8 heteroatoms. The molecule has 0 aliphatic carbocycles. The lowest BCUT2D eigenvalue weighted by Gasteiger charge is -2.32. The van der Waals surface area contributed by atoms with Crippen molar-refractivity contribution in [2.75, 3.05) is 36.0 Å². The molecule has 164 valence electrons. The number of carbonyl (C=O) groups excluding carboxylic acids is 1. The van der Waals surface area contributed by atoms with E-state index in [9.17, 15) is 4.79 Å². The van der Waals surface area contributed by atoms with Crippen molar-refractivity contribution in [1.29, 1.82) is 0 Å². The fourth-order valence-corrected chi connectivity index (χ4v) is 5.40. The third-order valence-electron chi connectivity index (χ3n) is 5.71. The highest BCUT2D eigenvalue weighted by Crippen LogP contribution is 2.47. The van der Waals surface area contributed by atoms with E-state index in [1.54, 1.807) is 11.8 Å². The Bertz CT molecular complexity index is 1090. The largest absolute Gasteiger partial charge is 0.351 e. The van der Waals surface area contributed by atoms with E-state index in [4.69, 9.17) is 11.6 Å². The minimum Gasteiger partial charge on any atom is -0.351 e. The second-order valence-corrected chi connectivity index (χ2v) is 9.35. The van der Waals surface area contributed by atoms with Gasteiger partial charge in [-0.2, -0.15) is 0 Å². The summed E-state index contributed by atoms with van der Waals surface area (Å²) in [6, 6.07) is 16.9. The molecule has 3 heterocycles. The number of hydrogen-bond acceptors (Lipinski definition) is 6. The van der Waals surface area contributed by atoms with Gasteiger partial charge >= 0.3 is 0 Å². The predicted octanol–water partition coefficient (Wildman–Crippen LogP) is 5.15. The van der Waals surface area contributed by atoms with E-state index in [-0.39, 0.29) is 16.6 Å².